The lowest BCUT2D eigenvalue weighted by atomic mass is 10.0. The van der Waals surface area contributed by atoms with Crippen LogP contribution < -0.4 is 0 Å². The van der Waals surface area contributed by atoms with Crippen LogP contribution in [0.5, 0.6) is 0 Å². The normalized spacial score (nSPS) is 12.7. The lowest BCUT2D eigenvalue weighted by Gasteiger charge is -2.18. The molecule has 0 aliphatic heterocycles. The Morgan fingerprint density at radius 2 is 0.470 bits per heavy atom. The van der Waals surface area contributed by atoms with Gasteiger partial charge in [-0.2, -0.15) is 0 Å². The first-order valence-corrected chi connectivity index (χ1v) is 35.7. The molecule has 6 nitrogen and oxygen atoms in total. The molecular weight excluding hydrogens is 1020 g/mol. The van der Waals surface area contributed by atoms with Gasteiger partial charge in [0.05, 0.1) is 0 Å². The molecule has 478 valence electrons. The average molecular weight is 1160 g/mol. The first kappa shape index (κ1) is 79.3. The Bertz CT molecular complexity index is 1610. The lowest BCUT2D eigenvalue weighted by Crippen LogP contribution is -2.30. The van der Waals surface area contributed by atoms with Crippen LogP contribution in [0.25, 0.3) is 0 Å². The Balaban J connectivity index is 4.17. The van der Waals surface area contributed by atoms with Gasteiger partial charge in [-0.05, 0) is 96.3 Å². The summed E-state index contributed by atoms with van der Waals surface area (Å²) in [6.45, 7) is 6.45. The molecule has 0 spiro atoms. The molecule has 0 N–H and O–H groups in total. The van der Waals surface area contributed by atoms with Gasteiger partial charge in [0.1, 0.15) is 13.2 Å². The Morgan fingerprint density at radius 1 is 0.253 bits per heavy atom. The largest absolute Gasteiger partial charge is 0.462 e. The molecule has 0 saturated heterocycles. The van der Waals surface area contributed by atoms with Gasteiger partial charge in [0.15, 0.2) is 6.10 Å². The Morgan fingerprint density at radius 3 is 0.735 bits per heavy atom. The number of carbonyl (C=O) groups excluding carboxylic acids is 3. The van der Waals surface area contributed by atoms with Gasteiger partial charge in [0, 0.05) is 19.3 Å². The monoisotopic (exact) mass is 1160 g/mol. The van der Waals surface area contributed by atoms with Gasteiger partial charge in [-0.25, -0.2) is 0 Å². The summed E-state index contributed by atoms with van der Waals surface area (Å²) in [6, 6.07) is 0. The lowest BCUT2D eigenvalue weighted by molar-refractivity contribution is -0.167. The predicted octanol–water partition coefficient (Wildman–Crippen LogP) is 24.8. The van der Waals surface area contributed by atoms with E-state index < -0.39 is 6.10 Å². The van der Waals surface area contributed by atoms with Crippen molar-refractivity contribution in [1.82, 2.24) is 0 Å². The molecule has 0 rings (SSSR count). The topological polar surface area (TPSA) is 78.9 Å². The molecule has 0 aromatic rings. The molecule has 0 aromatic carbocycles. The minimum absolute atomic E-state index is 0.0738. The maximum atomic E-state index is 12.9. The number of carbonyl (C=O) groups is 3. The highest BCUT2D eigenvalue weighted by molar-refractivity contribution is 5.71. The van der Waals surface area contributed by atoms with E-state index in [1.807, 2.05) is 0 Å². The average Bonchev–Trinajstić information content (AvgIpc) is 3.48. The van der Waals surface area contributed by atoms with Gasteiger partial charge >= 0.3 is 17.9 Å². The third kappa shape index (κ3) is 69.0. The molecule has 0 saturated carbocycles. The highest BCUT2D eigenvalue weighted by atomic mass is 16.6. The van der Waals surface area contributed by atoms with Gasteiger partial charge in [-0.3, -0.25) is 14.4 Å². The summed E-state index contributed by atoms with van der Waals surface area (Å²) in [5, 5.41) is 0. The fourth-order valence-electron chi connectivity index (χ4n) is 10.3. The van der Waals surface area contributed by atoms with Crippen LogP contribution in [0.2, 0.25) is 0 Å². The van der Waals surface area contributed by atoms with E-state index in [2.05, 4.69) is 118 Å². The van der Waals surface area contributed by atoms with Crippen LogP contribution in [-0.4, -0.2) is 37.2 Å². The molecule has 0 bridgehead atoms. The Labute approximate surface area is 515 Å². The second-order valence-electron chi connectivity index (χ2n) is 23.7. The fraction of sp³-hybridized carbons (Fsp3) is 0.753. The maximum absolute atomic E-state index is 12.9. The summed E-state index contributed by atoms with van der Waals surface area (Å²) in [5.41, 5.74) is 0. The van der Waals surface area contributed by atoms with Crippen LogP contribution in [0, 0.1) is 0 Å². The number of allylic oxidation sites excluding steroid dienone is 16. The van der Waals surface area contributed by atoms with Gasteiger partial charge in [0.25, 0.3) is 0 Å². The third-order valence-corrected chi connectivity index (χ3v) is 15.6. The van der Waals surface area contributed by atoms with Gasteiger partial charge in [-0.1, -0.05) is 336 Å². The molecule has 0 aliphatic carbocycles. The molecule has 1 atom stereocenters. The van der Waals surface area contributed by atoms with E-state index in [1.54, 1.807) is 0 Å². The molecule has 6 heteroatoms. The summed E-state index contributed by atoms with van der Waals surface area (Å²) >= 11 is 0. The zero-order valence-corrected chi connectivity index (χ0v) is 54.9. The Hall–Kier alpha value is -3.67. The van der Waals surface area contributed by atoms with Crippen molar-refractivity contribution in [3.05, 3.63) is 97.2 Å². The minimum atomic E-state index is -0.778. The van der Waals surface area contributed by atoms with Crippen LogP contribution in [0.1, 0.15) is 355 Å². The number of rotatable bonds is 65. The zero-order chi connectivity index (χ0) is 59.9. The van der Waals surface area contributed by atoms with Crippen LogP contribution in [-0.2, 0) is 28.6 Å². The minimum Gasteiger partial charge on any atom is -0.462 e. The summed E-state index contributed by atoms with van der Waals surface area (Å²) in [7, 11) is 0. The highest BCUT2D eigenvalue weighted by Crippen LogP contribution is 2.18. The molecule has 0 amide bonds. The summed E-state index contributed by atoms with van der Waals surface area (Å²) in [4.78, 5) is 38.4. The van der Waals surface area contributed by atoms with E-state index in [1.165, 1.54) is 205 Å². The predicted molar refractivity (Wildman–Crippen MR) is 362 cm³/mol. The molecule has 0 fully saturated rings. The van der Waals surface area contributed by atoms with Crippen LogP contribution in [0.4, 0.5) is 0 Å². The first-order valence-electron chi connectivity index (χ1n) is 35.7. The van der Waals surface area contributed by atoms with E-state index in [4.69, 9.17) is 14.2 Å². The van der Waals surface area contributed by atoms with E-state index in [9.17, 15) is 14.4 Å². The second-order valence-corrected chi connectivity index (χ2v) is 23.7. The van der Waals surface area contributed by atoms with Crippen molar-refractivity contribution in [3.8, 4) is 0 Å². The van der Waals surface area contributed by atoms with Crippen molar-refractivity contribution in [3.63, 3.8) is 0 Å². The summed E-state index contributed by atoms with van der Waals surface area (Å²) < 4.78 is 17.0. The zero-order valence-electron chi connectivity index (χ0n) is 54.9. The maximum Gasteiger partial charge on any atom is 0.306 e. The molecule has 1 unspecified atom stereocenters. The summed E-state index contributed by atoms with van der Waals surface area (Å²) in [6.07, 6.45) is 95.9. The molecule has 0 heterocycles. The van der Waals surface area contributed by atoms with Crippen LogP contribution in [0.3, 0.4) is 0 Å². The van der Waals surface area contributed by atoms with Gasteiger partial charge in [-0.15, -0.1) is 0 Å². The van der Waals surface area contributed by atoms with Crippen LogP contribution in [0.15, 0.2) is 97.2 Å². The van der Waals surface area contributed by atoms with Crippen molar-refractivity contribution in [2.24, 2.45) is 0 Å². The number of hydrogen-bond acceptors (Lipinski definition) is 6. The van der Waals surface area contributed by atoms with Crippen molar-refractivity contribution < 1.29 is 28.6 Å². The van der Waals surface area contributed by atoms with Crippen molar-refractivity contribution in [2.75, 3.05) is 13.2 Å². The van der Waals surface area contributed by atoms with E-state index >= 15 is 0 Å². The molecule has 0 aliphatic rings. The third-order valence-electron chi connectivity index (χ3n) is 15.6. The Kier molecular flexibility index (Phi) is 67.7. The smallest absolute Gasteiger partial charge is 0.306 e. The highest BCUT2D eigenvalue weighted by Gasteiger charge is 2.19. The molecular formula is C77H134O6. The van der Waals surface area contributed by atoms with Crippen molar-refractivity contribution in [1.29, 1.82) is 0 Å². The molecule has 83 heavy (non-hydrogen) atoms. The van der Waals surface area contributed by atoms with Crippen molar-refractivity contribution >= 4 is 17.9 Å². The SMILES string of the molecule is CC/C=C\C/C=C\C/C=C\C/C=C\CCCCCCCCCCCCCCCCCCCCC(=O)OCC(COC(=O)CCCCCCCCCCCCC)OC(=O)CCCCCCCCCCCC/C=C\C/C=C\C/C=C\C/C=C\CC. The quantitative estimate of drug-likeness (QED) is 0.0261. The number of esters is 3. The van der Waals surface area contributed by atoms with E-state index in [0.717, 1.165) is 109 Å². The van der Waals surface area contributed by atoms with Crippen LogP contribution >= 0.6 is 0 Å². The molecule has 0 aromatic heterocycles. The van der Waals surface area contributed by atoms with Crippen molar-refractivity contribution in [2.45, 2.75) is 361 Å². The first-order chi connectivity index (χ1) is 41.0. The number of ether oxygens (including phenoxy) is 3. The van der Waals surface area contributed by atoms with E-state index in [0.29, 0.717) is 19.3 Å². The van der Waals surface area contributed by atoms with E-state index in [-0.39, 0.29) is 31.1 Å². The number of unbranched alkanes of at least 4 members (excludes halogenated alkanes) is 38. The fourth-order valence-corrected chi connectivity index (χ4v) is 10.3. The second kappa shape index (κ2) is 70.8. The summed E-state index contributed by atoms with van der Waals surface area (Å²) in [5.74, 6) is -0.860. The molecule has 0 radical (unpaired) electrons. The number of hydrogen-bond donors (Lipinski definition) is 0. The van der Waals surface area contributed by atoms with Gasteiger partial charge in [0.2, 0.25) is 0 Å². The van der Waals surface area contributed by atoms with Gasteiger partial charge < -0.3 is 14.2 Å². The standard InChI is InChI=1S/C77H134O6/c1-4-7-10-13-16-19-22-24-26-28-30-32-34-35-36-37-38-39-40-41-43-44-46-48-50-52-55-58-61-64-67-70-76(79)82-73-74(72-81-75(78)69-66-63-60-57-54-21-18-15-12-9-6-3)83-77(80)71-68-65-62-59-56-53-51-49-47-45-42-33-31-29-27-25-23-20-17-14-11-8-5-2/h7-8,10-11,16-17,19-20,24-27,30-33,74H,4-6,9,12-15,18,21-23,28-29,34-73H2,1-3H3/b10-7-,11-8-,19-16-,20-17-,26-24-,27-25-,32-30-,33-31-.